The predicted molar refractivity (Wildman–Crippen MR) is 93.0 cm³/mol. The molecule has 0 heterocycles. The summed E-state index contributed by atoms with van der Waals surface area (Å²) in [7, 11) is 0. The molecule has 0 aromatic rings. The molecular weight excluding hydrogens is 310 g/mol. The van der Waals surface area contributed by atoms with Gasteiger partial charge in [-0.25, -0.2) is 0 Å². The van der Waals surface area contributed by atoms with Gasteiger partial charge in [-0.15, -0.1) is 0 Å². The van der Waals surface area contributed by atoms with Crippen molar-refractivity contribution in [3.63, 3.8) is 0 Å². The van der Waals surface area contributed by atoms with E-state index in [2.05, 4.69) is 12.2 Å². The maximum atomic E-state index is 11.0. The van der Waals surface area contributed by atoms with Gasteiger partial charge in [0.1, 0.15) is 6.29 Å². The van der Waals surface area contributed by atoms with Crippen molar-refractivity contribution in [3.8, 4) is 0 Å². The smallest absolute Gasteiger partial charge is 0.317 e. The maximum absolute atomic E-state index is 11.0. The van der Waals surface area contributed by atoms with Crippen LogP contribution < -0.4 is 5.32 Å². The van der Waals surface area contributed by atoms with Crippen LogP contribution in [0.3, 0.4) is 0 Å². The molecule has 2 unspecified atom stereocenters. The third-order valence-corrected chi connectivity index (χ3v) is 3.90. The molecule has 3 N–H and O–H groups in total. The maximum Gasteiger partial charge on any atom is 0.317 e. The van der Waals surface area contributed by atoms with Crippen LogP contribution >= 0.6 is 0 Å². The average molecular weight is 341 g/mol. The molecule has 0 bridgehead atoms. The number of hydrogen-bond donors (Lipinski definition) is 3. The monoisotopic (exact) mass is 341 g/mol. The fourth-order valence-electron chi connectivity index (χ4n) is 2.48. The van der Waals surface area contributed by atoms with Crippen molar-refractivity contribution in [2.75, 3.05) is 6.54 Å². The molecule has 2 atom stereocenters. The third-order valence-electron chi connectivity index (χ3n) is 3.90. The van der Waals surface area contributed by atoms with Crippen molar-refractivity contribution in [1.82, 2.24) is 5.32 Å². The fraction of sp³-hybridized carbons (Fsp3) is 0.722. The third kappa shape index (κ3) is 12.8. The number of nitrogens with one attached hydrogen (secondary N) is 1. The van der Waals surface area contributed by atoms with E-state index < -0.39 is 17.9 Å². The van der Waals surface area contributed by atoms with Gasteiger partial charge >= 0.3 is 11.9 Å². The van der Waals surface area contributed by atoms with Crippen LogP contribution in [0.15, 0.2) is 12.2 Å². The molecular formula is C18H31NO5. The number of carboxylic acid groups (broad SMARTS) is 2. The van der Waals surface area contributed by atoms with Gasteiger partial charge in [-0.05, 0) is 12.8 Å². The molecule has 0 amide bonds. The Hall–Kier alpha value is -1.69. The van der Waals surface area contributed by atoms with E-state index in [1.54, 1.807) is 6.08 Å². The van der Waals surface area contributed by atoms with Crippen molar-refractivity contribution in [2.45, 2.75) is 70.8 Å². The summed E-state index contributed by atoms with van der Waals surface area (Å²) in [5.74, 6) is -2.74. The summed E-state index contributed by atoms with van der Waals surface area (Å²) in [5, 5.41) is 20.8. The summed E-state index contributed by atoms with van der Waals surface area (Å²) in [5.41, 5.74) is 0. The average Bonchev–Trinajstić information content (AvgIpc) is 2.53. The van der Waals surface area contributed by atoms with Crippen molar-refractivity contribution in [1.29, 1.82) is 0 Å². The Bertz CT molecular complexity index is 395. The van der Waals surface area contributed by atoms with E-state index >= 15 is 0 Å². The second-order valence-electron chi connectivity index (χ2n) is 6.04. The van der Waals surface area contributed by atoms with Crippen LogP contribution in [0.4, 0.5) is 0 Å². The summed E-state index contributed by atoms with van der Waals surface area (Å²) >= 11 is 0. The quantitative estimate of drug-likeness (QED) is 0.226. The number of carbonyl (C=O) groups is 3. The van der Waals surface area contributed by atoms with Crippen molar-refractivity contribution in [3.05, 3.63) is 12.2 Å². The van der Waals surface area contributed by atoms with Crippen LogP contribution in [0.5, 0.6) is 0 Å². The van der Waals surface area contributed by atoms with Crippen LogP contribution in [0.2, 0.25) is 0 Å². The normalized spacial score (nSPS) is 13.7. The SMILES string of the molecule is CCCCCCCCC(C/C=C/C(CC=O)C(=O)O)NCC(=O)O. The van der Waals surface area contributed by atoms with Crippen molar-refractivity contribution in [2.24, 2.45) is 5.92 Å². The number of rotatable bonds is 16. The molecule has 0 aliphatic heterocycles. The van der Waals surface area contributed by atoms with E-state index in [1.165, 1.54) is 31.8 Å². The molecule has 0 aromatic carbocycles. The summed E-state index contributed by atoms with van der Waals surface area (Å²) in [6.45, 7) is 2.07. The molecule has 0 saturated heterocycles. The second kappa shape index (κ2) is 14.9. The molecule has 0 saturated carbocycles. The van der Waals surface area contributed by atoms with E-state index in [9.17, 15) is 14.4 Å². The van der Waals surface area contributed by atoms with E-state index in [4.69, 9.17) is 10.2 Å². The number of carboxylic acids is 2. The fourth-order valence-corrected chi connectivity index (χ4v) is 2.48. The standard InChI is InChI=1S/C18H31NO5/c1-2-3-4-5-6-7-10-16(19-14-17(21)22)11-8-9-15(12-13-20)18(23)24/h8-9,13,15-16,19H,2-7,10-12,14H2,1H3,(H,21,22)(H,23,24)/b9-8+. The second-order valence-corrected chi connectivity index (χ2v) is 6.04. The Labute approximate surface area is 144 Å². The lowest BCUT2D eigenvalue weighted by molar-refractivity contribution is -0.141. The Kier molecular flexibility index (Phi) is 13.8. The molecule has 6 heteroatoms. The van der Waals surface area contributed by atoms with Crippen LogP contribution in [-0.2, 0) is 14.4 Å². The van der Waals surface area contributed by atoms with E-state index in [-0.39, 0.29) is 19.0 Å². The number of aldehydes is 1. The summed E-state index contributed by atoms with van der Waals surface area (Å²) in [4.78, 5) is 32.2. The molecule has 0 aliphatic rings. The first-order chi connectivity index (χ1) is 11.5. The summed E-state index contributed by atoms with van der Waals surface area (Å²) in [6, 6.07) is 0.00852. The molecule has 0 aliphatic carbocycles. The molecule has 0 rings (SSSR count). The van der Waals surface area contributed by atoms with Crippen LogP contribution in [-0.4, -0.2) is 41.0 Å². The highest BCUT2D eigenvalue weighted by molar-refractivity contribution is 5.75. The topological polar surface area (TPSA) is 104 Å². The zero-order valence-corrected chi connectivity index (χ0v) is 14.6. The lowest BCUT2D eigenvalue weighted by Gasteiger charge is -2.16. The van der Waals surface area contributed by atoms with Gasteiger partial charge in [0.2, 0.25) is 0 Å². The molecule has 6 nitrogen and oxygen atoms in total. The van der Waals surface area contributed by atoms with E-state index in [0.717, 1.165) is 19.3 Å². The van der Waals surface area contributed by atoms with Gasteiger partial charge < -0.3 is 20.3 Å². The van der Waals surface area contributed by atoms with Gasteiger partial charge in [-0.3, -0.25) is 9.59 Å². The Morgan fingerprint density at radius 1 is 1.04 bits per heavy atom. The number of carbonyl (C=O) groups excluding carboxylic acids is 1. The number of hydrogen-bond acceptors (Lipinski definition) is 4. The minimum Gasteiger partial charge on any atom is -0.481 e. The van der Waals surface area contributed by atoms with Gasteiger partial charge in [-0.2, -0.15) is 0 Å². The Balaban J connectivity index is 4.30. The Morgan fingerprint density at radius 3 is 2.29 bits per heavy atom. The minimum atomic E-state index is -1.02. The van der Waals surface area contributed by atoms with E-state index in [1.807, 2.05) is 0 Å². The molecule has 24 heavy (non-hydrogen) atoms. The van der Waals surface area contributed by atoms with Gasteiger partial charge in [0.05, 0.1) is 12.5 Å². The van der Waals surface area contributed by atoms with Gasteiger partial charge in [-0.1, -0.05) is 57.6 Å². The highest BCUT2D eigenvalue weighted by atomic mass is 16.4. The number of unbranched alkanes of at least 4 members (excludes halogenated alkanes) is 5. The molecule has 0 radical (unpaired) electrons. The van der Waals surface area contributed by atoms with Crippen LogP contribution in [0.25, 0.3) is 0 Å². The van der Waals surface area contributed by atoms with Crippen molar-refractivity contribution < 1.29 is 24.6 Å². The lowest BCUT2D eigenvalue weighted by atomic mass is 10.0. The van der Waals surface area contributed by atoms with Gasteiger partial charge in [0, 0.05) is 12.5 Å². The summed E-state index contributed by atoms with van der Waals surface area (Å²) in [6.07, 6.45) is 12.2. The first-order valence-corrected chi connectivity index (χ1v) is 8.79. The Morgan fingerprint density at radius 2 is 1.71 bits per heavy atom. The first kappa shape index (κ1) is 22.3. The summed E-state index contributed by atoms with van der Waals surface area (Å²) < 4.78 is 0. The van der Waals surface area contributed by atoms with Crippen LogP contribution in [0, 0.1) is 5.92 Å². The highest BCUT2D eigenvalue weighted by Crippen LogP contribution is 2.12. The molecule has 138 valence electrons. The molecule has 0 spiro atoms. The lowest BCUT2D eigenvalue weighted by Crippen LogP contribution is -2.33. The molecule has 0 aromatic heterocycles. The van der Waals surface area contributed by atoms with Crippen molar-refractivity contribution >= 4 is 18.2 Å². The van der Waals surface area contributed by atoms with Gasteiger partial charge in [0.15, 0.2) is 0 Å². The highest BCUT2D eigenvalue weighted by Gasteiger charge is 2.13. The predicted octanol–water partition coefficient (Wildman–Crippen LogP) is 3.02. The zero-order valence-electron chi connectivity index (χ0n) is 14.6. The van der Waals surface area contributed by atoms with E-state index in [0.29, 0.717) is 12.7 Å². The first-order valence-electron chi connectivity index (χ1n) is 8.79. The number of aliphatic carboxylic acids is 2. The van der Waals surface area contributed by atoms with Gasteiger partial charge in [0.25, 0.3) is 0 Å². The minimum absolute atomic E-state index is 0.00852. The largest absolute Gasteiger partial charge is 0.481 e. The van der Waals surface area contributed by atoms with Crippen LogP contribution in [0.1, 0.15) is 64.7 Å². The zero-order chi connectivity index (χ0) is 18.2. The molecule has 0 fully saturated rings.